The van der Waals surface area contributed by atoms with E-state index in [2.05, 4.69) is 10.6 Å². The number of benzene rings is 2. The van der Waals surface area contributed by atoms with Crippen molar-refractivity contribution < 1.29 is 37.7 Å². The second-order valence-corrected chi connectivity index (χ2v) is 8.57. The first-order valence-corrected chi connectivity index (χ1v) is 11.4. The molecule has 2 aromatic rings. The molecule has 1 fully saturated rings. The third-order valence-corrected chi connectivity index (χ3v) is 6.09. The lowest BCUT2D eigenvalue weighted by molar-refractivity contribution is -0.137. The summed E-state index contributed by atoms with van der Waals surface area (Å²) in [6.45, 7) is -0.138. The van der Waals surface area contributed by atoms with E-state index in [1.165, 1.54) is 0 Å². The second kappa shape index (κ2) is 10.4. The number of nitrogens with one attached hydrogen (secondary N) is 2. The van der Waals surface area contributed by atoms with Crippen molar-refractivity contribution in [3.63, 3.8) is 0 Å². The van der Waals surface area contributed by atoms with E-state index in [4.69, 9.17) is 14.6 Å². The van der Waals surface area contributed by atoms with E-state index < -0.39 is 36.0 Å². The molecule has 35 heavy (non-hydrogen) atoms. The minimum atomic E-state index is -2.82. The van der Waals surface area contributed by atoms with Gasteiger partial charge in [0.2, 0.25) is 5.91 Å². The van der Waals surface area contributed by atoms with Gasteiger partial charge in [-0.15, -0.1) is 0 Å². The van der Waals surface area contributed by atoms with Crippen molar-refractivity contribution in [2.24, 2.45) is 0 Å². The summed E-state index contributed by atoms with van der Waals surface area (Å²) in [6.07, 6.45) is -2.85. The lowest BCUT2D eigenvalue weighted by Gasteiger charge is -2.19. The maximum absolute atomic E-state index is 12.8. The Morgan fingerprint density at radius 3 is 2.23 bits per heavy atom. The highest BCUT2D eigenvalue weighted by molar-refractivity contribution is 5.86. The van der Waals surface area contributed by atoms with Crippen molar-refractivity contribution in [3.05, 3.63) is 59.7 Å². The van der Waals surface area contributed by atoms with E-state index >= 15 is 0 Å². The monoisotopic (exact) mass is 488 g/mol. The summed E-state index contributed by atoms with van der Waals surface area (Å²) in [5.41, 5.74) is 4.20. The fourth-order valence-corrected chi connectivity index (χ4v) is 4.19. The molecule has 186 valence electrons. The van der Waals surface area contributed by atoms with Crippen LogP contribution < -0.4 is 10.6 Å². The van der Waals surface area contributed by atoms with Gasteiger partial charge in [-0.2, -0.15) is 0 Å². The summed E-state index contributed by atoms with van der Waals surface area (Å²) < 4.78 is 36.1. The van der Waals surface area contributed by atoms with E-state index in [-0.39, 0.29) is 44.9 Å². The van der Waals surface area contributed by atoms with Crippen molar-refractivity contribution in [1.29, 1.82) is 0 Å². The number of alkyl carbamates (subject to hydrolysis) is 1. The molecule has 0 spiro atoms. The lowest BCUT2D eigenvalue weighted by Crippen LogP contribution is -2.48. The van der Waals surface area contributed by atoms with Crippen LogP contribution in [0.1, 0.15) is 36.3 Å². The van der Waals surface area contributed by atoms with Crippen LogP contribution in [0.2, 0.25) is 0 Å². The van der Waals surface area contributed by atoms with Gasteiger partial charge in [0, 0.05) is 25.3 Å². The van der Waals surface area contributed by atoms with E-state index in [1.807, 2.05) is 48.5 Å². The lowest BCUT2D eigenvalue weighted by atomic mass is 9.98. The number of alkyl halides is 2. The molecule has 1 saturated carbocycles. The number of carbonyl (C=O) groups excluding carboxylic acids is 2. The van der Waals surface area contributed by atoms with Crippen molar-refractivity contribution in [2.75, 3.05) is 19.8 Å². The molecule has 0 aromatic heterocycles. The highest BCUT2D eigenvalue weighted by Gasteiger charge is 2.58. The first kappa shape index (κ1) is 24.6. The first-order chi connectivity index (χ1) is 16.8. The van der Waals surface area contributed by atoms with Gasteiger partial charge in [-0.1, -0.05) is 48.5 Å². The Kier molecular flexibility index (Phi) is 7.30. The van der Waals surface area contributed by atoms with Crippen molar-refractivity contribution in [1.82, 2.24) is 10.6 Å². The molecule has 8 nitrogen and oxygen atoms in total. The molecule has 2 aromatic carbocycles. The fraction of sp³-hybridized carbons (Fsp3) is 0.400. The number of rotatable bonds is 11. The molecule has 0 aliphatic heterocycles. The predicted molar refractivity (Wildman–Crippen MR) is 121 cm³/mol. The Hall–Kier alpha value is -3.53. The summed E-state index contributed by atoms with van der Waals surface area (Å²) in [5, 5.41) is 13.9. The Balaban J connectivity index is 1.31. The molecule has 3 N–H and O–H groups in total. The minimum absolute atomic E-state index is 0.0383. The summed E-state index contributed by atoms with van der Waals surface area (Å²) in [6, 6.07) is 14.5. The number of amides is 2. The van der Waals surface area contributed by atoms with E-state index in [9.17, 15) is 23.2 Å². The number of carbonyl (C=O) groups is 3. The number of fused-ring (bicyclic) bond motifs is 3. The van der Waals surface area contributed by atoms with Gasteiger partial charge in [0.1, 0.15) is 18.8 Å². The van der Waals surface area contributed by atoms with Crippen LogP contribution in [0.5, 0.6) is 0 Å². The van der Waals surface area contributed by atoms with Crippen LogP contribution >= 0.6 is 0 Å². The van der Waals surface area contributed by atoms with Gasteiger partial charge in [0.15, 0.2) is 0 Å². The Labute approximate surface area is 200 Å². The molecule has 2 aliphatic rings. The number of hydrogen-bond donors (Lipinski definition) is 3. The van der Waals surface area contributed by atoms with Gasteiger partial charge < -0.3 is 25.2 Å². The second-order valence-electron chi connectivity index (χ2n) is 8.57. The molecule has 2 amide bonds. The predicted octanol–water partition coefficient (Wildman–Crippen LogP) is 3.30. The SMILES string of the molecule is O=C(O)CCC(NC(=O)OCC1c2ccccc2-c2ccccc21)C(=O)NCCOC1CC1(F)F. The van der Waals surface area contributed by atoms with Crippen LogP contribution in [0, 0.1) is 0 Å². The number of halogens is 2. The minimum Gasteiger partial charge on any atom is -0.481 e. The molecule has 4 rings (SSSR count). The highest BCUT2D eigenvalue weighted by atomic mass is 19.3. The Morgan fingerprint density at radius 1 is 1.06 bits per heavy atom. The van der Waals surface area contributed by atoms with E-state index in [1.54, 1.807) is 0 Å². The van der Waals surface area contributed by atoms with Crippen molar-refractivity contribution >= 4 is 18.0 Å². The van der Waals surface area contributed by atoms with Gasteiger partial charge in [-0.3, -0.25) is 9.59 Å². The van der Waals surface area contributed by atoms with Crippen LogP contribution in [0.25, 0.3) is 11.1 Å². The van der Waals surface area contributed by atoms with E-state index in [0.717, 1.165) is 22.3 Å². The summed E-state index contributed by atoms with van der Waals surface area (Å²) in [4.78, 5) is 36.0. The van der Waals surface area contributed by atoms with Gasteiger partial charge in [0.25, 0.3) is 5.92 Å². The van der Waals surface area contributed by atoms with Crippen molar-refractivity contribution in [2.45, 2.75) is 43.2 Å². The summed E-state index contributed by atoms with van der Waals surface area (Å²) in [5.74, 6) is -4.76. The zero-order valence-electron chi connectivity index (χ0n) is 18.8. The van der Waals surface area contributed by atoms with Gasteiger partial charge in [-0.25, -0.2) is 13.6 Å². The van der Waals surface area contributed by atoms with Crippen molar-refractivity contribution in [3.8, 4) is 11.1 Å². The third-order valence-electron chi connectivity index (χ3n) is 6.09. The van der Waals surface area contributed by atoms with Gasteiger partial charge in [0.05, 0.1) is 6.61 Å². The van der Waals surface area contributed by atoms with Crippen LogP contribution in [0.15, 0.2) is 48.5 Å². The molecular formula is C25H26F2N2O6. The molecular weight excluding hydrogens is 462 g/mol. The Morgan fingerprint density at radius 2 is 1.66 bits per heavy atom. The quantitative estimate of drug-likeness (QED) is 0.418. The van der Waals surface area contributed by atoms with Gasteiger partial charge >= 0.3 is 12.1 Å². The molecule has 0 saturated heterocycles. The Bertz CT molecular complexity index is 1060. The zero-order chi connectivity index (χ0) is 25.0. The normalized spacial score (nSPS) is 18.2. The zero-order valence-corrected chi connectivity index (χ0v) is 18.8. The van der Waals surface area contributed by atoms with Gasteiger partial charge in [-0.05, 0) is 28.7 Å². The smallest absolute Gasteiger partial charge is 0.407 e. The molecule has 0 radical (unpaired) electrons. The maximum Gasteiger partial charge on any atom is 0.407 e. The number of carboxylic acids is 1. The number of ether oxygens (including phenoxy) is 2. The summed E-state index contributed by atoms with van der Waals surface area (Å²) in [7, 11) is 0. The first-order valence-electron chi connectivity index (χ1n) is 11.4. The van der Waals surface area contributed by atoms with Crippen LogP contribution in [-0.2, 0) is 19.1 Å². The molecule has 2 aliphatic carbocycles. The standard InChI is InChI=1S/C25H26F2N2O6/c26-25(27)13-21(25)34-12-11-28-23(32)20(9-10-22(30)31)29-24(33)35-14-19-17-7-3-1-5-15(17)16-6-2-4-8-18(16)19/h1-8,19-21H,9-14H2,(H,28,32)(H,29,33)(H,30,31). The third kappa shape index (κ3) is 5.94. The number of carboxylic acid groups (broad SMARTS) is 1. The largest absolute Gasteiger partial charge is 0.481 e. The van der Waals surface area contributed by atoms with E-state index in [0.29, 0.717) is 0 Å². The van der Waals surface area contributed by atoms with Crippen LogP contribution in [0.3, 0.4) is 0 Å². The molecule has 10 heteroatoms. The average Bonchev–Trinajstić information content (AvgIpc) is 3.32. The van der Waals surface area contributed by atoms with Crippen LogP contribution in [-0.4, -0.2) is 60.9 Å². The van der Waals surface area contributed by atoms with Crippen LogP contribution in [0.4, 0.5) is 13.6 Å². The average molecular weight is 488 g/mol. The fourth-order valence-electron chi connectivity index (χ4n) is 4.19. The summed E-state index contributed by atoms with van der Waals surface area (Å²) >= 11 is 0. The maximum atomic E-state index is 12.8. The topological polar surface area (TPSA) is 114 Å². The molecule has 2 unspecified atom stereocenters. The highest BCUT2D eigenvalue weighted by Crippen LogP contribution is 2.45. The molecule has 2 atom stereocenters. The number of hydrogen-bond acceptors (Lipinski definition) is 5. The molecule has 0 heterocycles. The molecule has 0 bridgehead atoms. The number of aliphatic carboxylic acids is 1.